The van der Waals surface area contributed by atoms with Gasteiger partial charge in [0.15, 0.2) is 0 Å². The van der Waals surface area contributed by atoms with Crippen LogP contribution in [0.25, 0.3) is 0 Å². The highest BCUT2D eigenvalue weighted by Gasteiger charge is 2.20. The van der Waals surface area contributed by atoms with E-state index in [1.165, 1.54) is 96.3 Å². The summed E-state index contributed by atoms with van der Waals surface area (Å²) in [6.45, 7) is 7.42. The first-order valence-electron chi connectivity index (χ1n) is 16.8. The molecule has 0 amide bonds. The van der Waals surface area contributed by atoms with Gasteiger partial charge in [-0.15, -0.1) is 0 Å². The average Bonchev–Trinajstić information content (AvgIpc) is 2.99. The Kier molecular flexibility index (Phi) is 15.8. The number of carbonyl (C=O) groups is 1. The molecule has 4 heteroatoms. The molecule has 3 rings (SSSR count). The lowest BCUT2D eigenvalue weighted by atomic mass is 9.78. The van der Waals surface area contributed by atoms with E-state index in [4.69, 9.17) is 14.2 Å². The lowest BCUT2D eigenvalue weighted by molar-refractivity contribution is 0.0734. The molecule has 4 nitrogen and oxygen atoms in total. The van der Waals surface area contributed by atoms with E-state index in [1.54, 1.807) is 24.3 Å². The van der Waals surface area contributed by atoms with Gasteiger partial charge in [-0.1, -0.05) is 97.3 Å². The third-order valence-electron chi connectivity index (χ3n) is 8.61. The van der Waals surface area contributed by atoms with Gasteiger partial charge in [0.1, 0.15) is 17.2 Å². The first-order valence-corrected chi connectivity index (χ1v) is 16.8. The topological polar surface area (TPSA) is 44.8 Å². The molecule has 1 aliphatic rings. The van der Waals surface area contributed by atoms with Gasteiger partial charge in [0, 0.05) is 0 Å². The molecule has 2 aromatic rings. The summed E-state index contributed by atoms with van der Waals surface area (Å²) in [6.07, 6.45) is 22.5. The SMILES string of the molecule is CCCCCCCCCCC(C)Oc1ccc(C(=O)Oc2ccc(OCCC[C@H]3CC[C@H](CCC)CC3)cc2)cc1. The van der Waals surface area contributed by atoms with E-state index in [2.05, 4.69) is 20.8 Å². The average molecular weight is 565 g/mol. The first-order chi connectivity index (χ1) is 20.1. The van der Waals surface area contributed by atoms with Crippen molar-refractivity contribution >= 4 is 5.97 Å². The highest BCUT2D eigenvalue weighted by molar-refractivity contribution is 5.91. The Morgan fingerprint density at radius 1 is 0.683 bits per heavy atom. The predicted molar refractivity (Wildman–Crippen MR) is 170 cm³/mol. The Labute approximate surface area is 250 Å². The van der Waals surface area contributed by atoms with Gasteiger partial charge < -0.3 is 14.2 Å². The highest BCUT2D eigenvalue weighted by Crippen LogP contribution is 2.33. The quantitative estimate of drug-likeness (QED) is 0.0911. The van der Waals surface area contributed by atoms with Crippen LogP contribution in [0.3, 0.4) is 0 Å². The third-order valence-corrected chi connectivity index (χ3v) is 8.61. The molecule has 1 aliphatic carbocycles. The Balaban J connectivity index is 1.28. The third kappa shape index (κ3) is 13.4. The van der Waals surface area contributed by atoms with Crippen LogP contribution in [0.2, 0.25) is 0 Å². The van der Waals surface area contributed by atoms with Gasteiger partial charge in [0.05, 0.1) is 18.3 Å². The lowest BCUT2D eigenvalue weighted by Crippen LogP contribution is -2.15. The molecule has 0 heterocycles. The minimum atomic E-state index is -0.370. The summed E-state index contributed by atoms with van der Waals surface area (Å²) in [5.74, 6) is 3.60. The van der Waals surface area contributed by atoms with E-state index in [9.17, 15) is 4.79 Å². The largest absolute Gasteiger partial charge is 0.494 e. The summed E-state index contributed by atoms with van der Waals surface area (Å²) >= 11 is 0. The van der Waals surface area contributed by atoms with Gasteiger partial charge in [0.25, 0.3) is 0 Å². The van der Waals surface area contributed by atoms with Crippen LogP contribution < -0.4 is 14.2 Å². The number of hydrogen-bond donors (Lipinski definition) is 0. The maximum atomic E-state index is 12.6. The van der Waals surface area contributed by atoms with Crippen molar-refractivity contribution in [2.24, 2.45) is 11.8 Å². The molecule has 1 atom stereocenters. The van der Waals surface area contributed by atoms with Gasteiger partial charge >= 0.3 is 5.97 Å². The van der Waals surface area contributed by atoms with Crippen LogP contribution in [0.15, 0.2) is 48.5 Å². The summed E-state index contributed by atoms with van der Waals surface area (Å²) in [7, 11) is 0. The monoisotopic (exact) mass is 564 g/mol. The van der Waals surface area contributed by atoms with Crippen molar-refractivity contribution in [3.8, 4) is 17.2 Å². The van der Waals surface area contributed by atoms with Crippen molar-refractivity contribution in [1.29, 1.82) is 0 Å². The van der Waals surface area contributed by atoms with Crippen LogP contribution in [-0.2, 0) is 0 Å². The van der Waals surface area contributed by atoms with Crippen LogP contribution in [0, 0.1) is 11.8 Å². The minimum absolute atomic E-state index is 0.166. The van der Waals surface area contributed by atoms with Crippen LogP contribution in [0.1, 0.15) is 140 Å². The molecule has 41 heavy (non-hydrogen) atoms. The molecule has 0 spiro atoms. The van der Waals surface area contributed by atoms with Crippen molar-refractivity contribution in [1.82, 2.24) is 0 Å². The fourth-order valence-electron chi connectivity index (χ4n) is 6.08. The normalized spacial score (nSPS) is 17.6. The molecule has 228 valence electrons. The Morgan fingerprint density at radius 3 is 1.88 bits per heavy atom. The van der Waals surface area contributed by atoms with Crippen LogP contribution >= 0.6 is 0 Å². The highest BCUT2D eigenvalue weighted by atomic mass is 16.5. The van der Waals surface area contributed by atoms with Gasteiger partial charge in [0.2, 0.25) is 0 Å². The molecule has 0 radical (unpaired) electrons. The maximum Gasteiger partial charge on any atom is 0.343 e. The van der Waals surface area contributed by atoms with E-state index in [-0.39, 0.29) is 12.1 Å². The summed E-state index contributed by atoms with van der Waals surface area (Å²) in [4.78, 5) is 12.6. The maximum absolute atomic E-state index is 12.6. The number of esters is 1. The standard InChI is InChI=1S/C37H56O4/c1-4-6-7-8-9-10-11-12-15-30(3)40-35-23-21-33(22-24-35)37(38)41-36-27-25-34(26-28-36)39-29-13-16-32-19-17-31(14-5-2)18-20-32/h21-28,30-32H,4-20,29H2,1-3H3/t30?,31-,32-. The van der Waals surface area contributed by atoms with Gasteiger partial charge in [-0.3, -0.25) is 0 Å². The van der Waals surface area contributed by atoms with E-state index < -0.39 is 0 Å². The smallest absolute Gasteiger partial charge is 0.343 e. The van der Waals surface area contributed by atoms with E-state index in [0.29, 0.717) is 11.3 Å². The fourth-order valence-corrected chi connectivity index (χ4v) is 6.08. The molecule has 2 aromatic carbocycles. The van der Waals surface area contributed by atoms with E-state index >= 15 is 0 Å². The first kappa shape index (κ1) is 33.0. The van der Waals surface area contributed by atoms with E-state index in [0.717, 1.165) is 42.8 Å². The summed E-state index contributed by atoms with van der Waals surface area (Å²) in [6, 6.07) is 14.6. The van der Waals surface area contributed by atoms with Crippen molar-refractivity contribution in [3.63, 3.8) is 0 Å². The Hall–Kier alpha value is -2.49. The van der Waals surface area contributed by atoms with Crippen molar-refractivity contribution in [2.45, 2.75) is 136 Å². The van der Waals surface area contributed by atoms with Crippen molar-refractivity contribution in [2.75, 3.05) is 6.61 Å². The number of hydrogen-bond acceptors (Lipinski definition) is 4. The Morgan fingerprint density at radius 2 is 1.24 bits per heavy atom. The van der Waals surface area contributed by atoms with Crippen molar-refractivity contribution in [3.05, 3.63) is 54.1 Å². The number of unbranched alkanes of at least 4 members (excludes halogenated alkanes) is 7. The lowest BCUT2D eigenvalue weighted by Gasteiger charge is -2.28. The van der Waals surface area contributed by atoms with Crippen LogP contribution in [0.5, 0.6) is 17.2 Å². The summed E-state index contributed by atoms with van der Waals surface area (Å²) in [5.41, 5.74) is 0.511. The van der Waals surface area contributed by atoms with Gasteiger partial charge in [-0.05, 0) is 93.0 Å². The molecule has 1 fully saturated rings. The fraction of sp³-hybridized carbons (Fsp3) is 0.649. The van der Waals surface area contributed by atoms with Crippen molar-refractivity contribution < 1.29 is 19.0 Å². The Bertz CT molecular complexity index is 944. The van der Waals surface area contributed by atoms with Crippen LogP contribution in [0.4, 0.5) is 0 Å². The second-order valence-electron chi connectivity index (χ2n) is 12.2. The zero-order chi connectivity index (χ0) is 29.1. The van der Waals surface area contributed by atoms with Crippen LogP contribution in [-0.4, -0.2) is 18.7 Å². The minimum Gasteiger partial charge on any atom is -0.494 e. The zero-order valence-electron chi connectivity index (χ0n) is 26.2. The molecule has 0 bridgehead atoms. The second-order valence-corrected chi connectivity index (χ2v) is 12.2. The molecule has 0 N–H and O–H groups in total. The van der Waals surface area contributed by atoms with Gasteiger partial charge in [-0.25, -0.2) is 4.79 Å². The molecular formula is C37H56O4. The molecule has 1 unspecified atom stereocenters. The number of ether oxygens (including phenoxy) is 3. The molecule has 1 saturated carbocycles. The molecule has 0 aromatic heterocycles. The summed E-state index contributed by atoms with van der Waals surface area (Å²) < 4.78 is 17.6. The zero-order valence-corrected chi connectivity index (χ0v) is 26.2. The number of benzene rings is 2. The molecular weight excluding hydrogens is 508 g/mol. The molecule has 0 aliphatic heterocycles. The number of carbonyl (C=O) groups excluding carboxylic acids is 1. The number of rotatable bonds is 20. The summed E-state index contributed by atoms with van der Waals surface area (Å²) in [5, 5.41) is 0. The predicted octanol–water partition coefficient (Wildman–Crippen LogP) is 11.0. The van der Waals surface area contributed by atoms with E-state index in [1.807, 2.05) is 24.3 Å². The molecule has 0 saturated heterocycles. The van der Waals surface area contributed by atoms with Gasteiger partial charge in [-0.2, -0.15) is 0 Å². The second kappa shape index (κ2) is 19.6.